The molecule has 0 aliphatic heterocycles. The van der Waals surface area contributed by atoms with Gasteiger partial charge in [0.2, 0.25) is 10.0 Å². The van der Waals surface area contributed by atoms with E-state index in [1.165, 1.54) is 24.3 Å². The molecule has 186 valence electrons. The highest BCUT2D eigenvalue weighted by Gasteiger charge is 2.27. The summed E-state index contributed by atoms with van der Waals surface area (Å²) in [6, 6.07) is 18.7. The lowest BCUT2D eigenvalue weighted by molar-refractivity contribution is 0.0981. The number of hydrogen-bond acceptors (Lipinski definition) is 7. The SMILES string of the molecule is NS(=O)(=O)c1ccccc1S(=O)(=O)NC(=O)c1ccc(-c2cc3ccccc3o2)c(OCC2CC2)c1. The summed E-state index contributed by atoms with van der Waals surface area (Å²) in [6.45, 7) is 0.457. The van der Waals surface area contributed by atoms with Gasteiger partial charge in [0, 0.05) is 10.9 Å². The summed E-state index contributed by atoms with van der Waals surface area (Å²) in [5.41, 5.74) is 1.32. The molecule has 0 spiro atoms. The fraction of sp³-hybridized carbons (Fsp3) is 0.160. The average Bonchev–Trinajstić information content (AvgIpc) is 3.58. The number of primary sulfonamides is 1. The number of para-hydroxylation sites is 1. The van der Waals surface area contributed by atoms with Crippen LogP contribution in [0.25, 0.3) is 22.3 Å². The fourth-order valence-corrected chi connectivity index (χ4v) is 6.09. The van der Waals surface area contributed by atoms with Crippen LogP contribution in [0.5, 0.6) is 5.75 Å². The molecule has 1 aliphatic carbocycles. The van der Waals surface area contributed by atoms with Crippen LogP contribution in [0.3, 0.4) is 0 Å². The molecule has 4 aromatic rings. The van der Waals surface area contributed by atoms with Gasteiger partial charge < -0.3 is 9.15 Å². The Labute approximate surface area is 208 Å². The maximum absolute atomic E-state index is 12.9. The lowest BCUT2D eigenvalue weighted by Gasteiger charge is -2.13. The lowest BCUT2D eigenvalue weighted by atomic mass is 10.1. The Morgan fingerprint density at radius 3 is 2.33 bits per heavy atom. The van der Waals surface area contributed by atoms with Crippen LogP contribution >= 0.6 is 0 Å². The van der Waals surface area contributed by atoms with Crippen molar-refractivity contribution in [2.45, 2.75) is 22.6 Å². The molecule has 1 heterocycles. The third kappa shape index (κ3) is 4.99. The number of rotatable bonds is 8. The molecule has 1 saturated carbocycles. The van der Waals surface area contributed by atoms with Crippen LogP contribution < -0.4 is 14.6 Å². The first kappa shape index (κ1) is 24.0. The van der Waals surface area contributed by atoms with Gasteiger partial charge in [0.05, 0.1) is 12.2 Å². The van der Waals surface area contributed by atoms with Crippen molar-refractivity contribution in [2.24, 2.45) is 11.1 Å². The molecule has 9 nitrogen and oxygen atoms in total. The summed E-state index contributed by atoms with van der Waals surface area (Å²) < 4.78 is 63.3. The summed E-state index contributed by atoms with van der Waals surface area (Å²) in [7, 11) is -8.89. The number of carbonyl (C=O) groups is 1. The topological polar surface area (TPSA) is 146 Å². The predicted molar refractivity (Wildman–Crippen MR) is 132 cm³/mol. The molecular weight excluding hydrogens is 504 g/mol. The van der Waals surface area contributed by atoms with Crippen LogP contribution in [0.4, 0.5) is 0 Å². The van der Waals surface area contributed by atoms with Gasteiger partial charge in [-0.05, 0) is 61.2 Å². The van der Waals surface area contributed by atoms with Gasteiger partial charge in [0.1, 0.15) is 26.9 Å². The van der Waals surface area contributed by atoms with E-state index in [2.05, 4.69) is 0 Å². The molecule has 36 heavy (non-hydrogen) atoms. The van der Waals surface area contributed by atoms with E-state index in [-0.39, 0.29) is 5.56 Å². The zero-order chi connectivity index (χ0) is 25.5. The van der Waals surface area contributed by atoms with Crippen molar-refractivity contribution >= 4 is 36.9 Å². The minimum Gasteiger partial charge on any atom is -0.493 e. The van der Waals surface area contributed by atoms with Gasteiger partial charge >= 0.3 is 0 Å². The second-order valence-electron chi connectivity index (χ2n) is 8.54. The van der Waals surface area contributed by atoms with E-state index >= 15 is 0 Å². The van der Waals surface area contributed by atoms with E-state index in [4.69, 9.17) is 14.3 Å². The Bertz CT molecular complexity index is 1660. The number of carbonyl (C=O) groups excluding carboxylic acids is 1. The minimum atomic E-state index is -4.55. The molecule has 1 aliphatic rings. The minimum absolute atomic E-state index is 0.0114. The number of benzene rings is 3. The first-order valence-corrected chi connectivity index (χ1v) is 14.1. The van der Waals surface area contributed by atoms with Gasteiger partial charge in [0.15, 0.2) is 0 Å². The van der Waals surface area contributed by atoms with Crippen molar-refractivity contribution in [3.8, 4) is 17.1 Å². The number of nitrogens with two attached hydrogens (primary N) is 1. The number of nitrogens with one attached hydrogen (secondary N) is 1. The van der Waals surface area contributed by atoms with Crippen LogP contribution in [-0.4, -0.2) is 29.3 Å². The highest BCUT2D eigenvalue weighted by Crippen LogP contribution is 2.37. The monoisotopic (exact) mass is 526 g/mol. The Morgan fingerprint density at radius 1 is 0.944 bits per heavy atom. The van der Waals surface area contributed by atoms with E-state index < -0.39 is 35.7 Å². The number of ether oxygens (including phenoxy) is 1. The smallest absolute Gasteiger partial charge is 0.265 e. The highest BCUT2D eigenvalue weighted by atomic mass is 32.2. The molecule has 0 bridgehead atoms. The summed E-state index contributed by atoms with van der Waals surface area (Å²) in [4.78, 5) is 11.7. The first-order valence-electron chi connectivity index (χ1n) is 11.1. The number of hydrogen-bond donors (Lipinski definition) is 2. The van der Waals surface area contributed by atoms with Crippen LogP contribution in [0.15, 0.2) is 87.0 Å². The molecule has 0 radical (unpaired) electrons. The van der Waals surface area contributed by atoms with Crippen LogP contribution in [0, 0.1) is 5.92 Å². The summed E-state index contributed by atoms with van der Waals surface area (Å²) >= 11 is 0. The number of sulfonamides is 2. The largest absolute Gasteiger partial charge is 0.493 e. The van der Waals surface area contributed by atoms with Crippen molar-refractivity contribution < 1.29 is 30.8 Å². The quantitative estimate of drug-likeness (QED) is 0.356. The number of furan rings is 1. The molecule has 11 heteroatoms. The molecule has 3 aromatic carbocycles. The maximum Gasteiger partial charge on any atom is 0.265 e. The van der Waals surface area contributed by atoms with Crippen molar-refractivity contribution in [1.29, 1.82) is 0 Å². The second-order valence-corrected chi connectivity index (χ2v) is 11.7. The van der Waals surface area contributed by atoms with Crippen LogP contribution in [0.1, 0.15) is 23.2 Å². The molecule has 1 fully saturated rings. The van der Waals surface area contributed by atoms with Gasteiger partial charge in [-0.3, -0.25) is 4.79 Å². The molecule has 0 unspecified atom stereocenters. The Hall–Kier alpha value is -3.67. The normalized spacial score (nSPS) is 14.0. The lowest BCUT2D eigenvalue weighted by Crippen LogP contribution is -2.32. The van der Waals surface area contributed by atoms with Crippen molar-refractivity contribution in [3.63, 3.8) is 0 Å². The van der Waals surface area contributed by atoms with Crippen molar-refractivity contribution in [3.05, 3.63) is 78.4 Å². The molecule has 3 N–H and O–H groups in total. The Morgan fingerprint density at radius 2 is 1.64 bits per heavy atom. The fourth-order valence-electron chi connectivity index (χ4n) is 3.74. The molecule has 0 saturated heterocycles. The van der Waals surface area contributed by atoms with E-state index in [1.54, 1.807) is 6.07 Å². The summed E-state index contributed by atoms with van der Waals surface area (Å²) in [5, 5.41) is 6.05. The van der Waals surface area contributed by atoms with Crippen LogP contribution in [-0.2, 0) is 20.0 Å². The van der Waals surface area contributed by atoms with E-state index in [1.807, 2.05) is 35.1 Å². The van der Waals surface area contributed by atoms with Gasteiger partial charge in [-0.25, -0.2) is 26.7 Å². The summed E-state index contributed by atoms with van der Waals surface area (Å²) in [5.74, 6) is 0.396. The van der Waals surface area contributed by atoms with E-state index in [0.29, 0.717) is 35.2 Å². The zero-order valence-electron chi connectivity index (χ0n) is 18.9. The van der Waals surface area contributed by atoms with E-state index in [9.17, 15) is 21.6 Å². The van der Waals surface area contributed by atoms with Crippen molar-refractivity contribution in [2.75, 3.05) is 6.61 Å². The molecule has 1 aromatic heterocycles. The summed E-state index contributed by atoms with van der Waals surface area (Å²) in [6.07, 6.45) is 2.11. The third-order valence-electron chi connectivity index (χ3n) is 5.78. The molecule has 1 amide bonds. The van der Waals surface area contributed by atoms with Crippen molar-refractivity contribution in [1.82, 2.24) is 4.72 Å². The zero-order valence-corrected chi connectivity index (χ0v) is 20.5. The standard InChI is InChI=1S/C25H22N2O7S2/c26-35(29,30)23-7-3-4-8-24(23)36(31,32)27-25(28)18-11-12-19(21(14-18)33-15-16-9-10-16)22-13-17-5-1-2-6-20(17)34-22/h1-8,11-14,16H,9-10,15H2,(H,27,28)(H2,26,29,30). The Kier molecular flexibility index (Phi) is 6.07. The molecular formula is C25H22N2O7S2. The Balaban J connectivity index is 1.48. The number of fused-ring (bicyclic) bond motifs is 1. The second kappa shape index (κ2) is 9.08. The van der Waals surface area contributed by atoms with Gasteiger partial charge in [0.25, 0.3) is 15.9 Å². The maximum atomic E-state index is 12.9. The molecule has 0 atom stereocenters. The average molecular weight is 527 g/mol. The van der Waals surface area contributed by atoms with Crippen LogP contribution in [0.2, 0.25) is 0 Å². The van der Waals surface area contributed by atoms with Gasteiger partial charge in [-0.15, -0.1) is 0 Å². The number of amides is 1. The predicted octanol–water partition coefficient (Wildman–Crippen LogP) is 3.65. The third-order valence-corrected chi connectivity index (χ3v) is 8.27. The van der Waals surface area contributed by atoms with Gasteiger partial charge in [-0.2, -0.15) is 0 Å². The molecule has 5 rings (SSSR count). The highest BCUT2D eigenvalue weighted by molar-refractivity contribution is 7.92. The van der Waals surface area contributed by atoms with Gasteiger partial charge in [-0.1, -0.05) is 30.3 Å². The first-order chi connectivity index (χ1) is 17.1. The van der Waals surface area contributed by atoms with E-state index in [0.717, 1.165) is 30.4 Å².